The molecule has 0 aliphatic carbocycles. The van der Waals surface area contributed by atoms with Gasteiger partial charge in [-0.2, -0.15) is 0 Å². The Morgan fingerprint density at radius 2 is 1.93 bits per heavy atom. The molecule has 2 nitrogen and oxygen atoms in total. The zero-order valence-electron chi connectivity index (χ0n) is 7.24. The van der Waals surface area contributed by atoms with Crippen molar-refractivity contribution in [2.75, 3.05) is 5.73 Å². The second-order valence-electron chi connectivity index (χ2n) is 2.63. The molecule has 0 aliphatic rings. The third-order valence-electron chi connectivity index (χ3n) is 1.59. The summed E-state index contributed by atoms with van der Waals surface area (Å²) in [5.74, 6) is -2.13. The number of nitrogen functional groups attached to an aromatic ring is 1. The number of hydrogen-bond donors (Lipinski definition) is 1. The molecule has 0 saturated carbocycles. The maximum absolute atomic E-state index is 13.0. The van der Waals surface area contributed by atoms with E-state index in [4.69, 9.17) is 17.3 Å². The summed E-state index contributed by atoms with van der Waals surface area (Å²) in [7, 11) is 0. The highest BCUT2D eigenvalue weighted by molar-refractivity contribution is 6.17. The molecule has 0 saturated heterocycles. The van der Waals surface area contributed by atoms with Gasteiger partial charge in [0.15, 0.2) is 5.75 Å². The number of anilines is 1. The van der Waals surface area contributed by atoms with Crippen molar-refractivity contribution < 1.29 is 22.3 Å². The first-order valence-electron chi connectivity index (χ1n) is 3.73. The Kier molecular flexibility index (Phi) is 3.28. The summed E-state index contributed by atoms with van der Waals surface area (Å²) in [5, 5.41) is 0. The van der Waals surface area contributed by atoms with Crippen molar-refractivity contribution in [3.8, 4) is 5.75 Å². The van der Waals surface area contributed by atoms with Crippen molar-refractivity contribution in [1.29, 1.82) is 0 Å². The van der Waals surface area contributed by atoms with E-state index in [9.17, 15) is 17.6 Å². The molecular formula is C8H6ClF4NO. The van der Waals surface area contributed by atoms with Crippen LogP contribution >= 0.6 is 11.6 Å². The van der Waals surface area contributed by atoms with Gasteiger partial charge in [0.05, 0.1) is 11.6 Å². The van der Waals surface area contributed by atoms with Crippen LogP contribution in [0.15, 0.2) is 12.1 Å². The zero-order valence-corrected chi connectivity index (χ0v) is 7.99. The van der Waals surface area contributed by atoms with Gasteiger partial charge in [0.2, 0.25) is 0 Å². The Balaban J connectivity index is 3.20. The van der Waals surface area contributed by atoms with E-state index in [2.05, 4.69) is 4.74 Å². The Bertz CT molecular complexity index is 366. The van der Waals surface area contributed by atoms with Gasteiger partial charge < -0.3 is 10.5 Å². The Labute approximate surface area is 87.6 Å². The zero-order chi connectivity index (χ0) is 11.6. The van der Waals surface area contributed by atoms with Crippen LogP contribution in [0.4, 0.5) is 23.2 Å². The predicted molar refractivity (Wildman–Crippen MR) is 47.1 cm³/mol. The molecule has 0 heterocycles. The summed E-state index contributed by atoms with van der Waals surface area (Å²) in [4.78, 5) is 0. The van der Waals surface area contributed by atoms with E-state index in [0.29, 0.717) is 0 Å². The quantitative estimate of drug-likeness (QED) is 0.492. The second kappa shape index (κ2) is 4.14. The lowest BCUT2D eigenvalue weighted by Gasteiger charge is -2.14. The monoisotopic (exact) mass is 243 g/mol. The molecule has 0 fully saturated rings. The van der Waals surface area contributed by atoms with Gasteiger partial charge in [0.25, 0.3) is 0 Å². The maximum Gasteiger partial charge on any atom is 0.573 e. The number of halogens is 5. The van der Waals surface area contributed by atoms with Gasteiger partial charge in [-0.05, 0) is 12.1 Å². The summed E-state index contributed by atoms with van der Waals surface area (Å²) in [5.41, 5.74) is 4.50. The minimum atomic E-state index is -4.93. The molecule has 1 aromatic carbocycles. The van der Waals surface area contributed by atoms with Crippen molar-refractivity contribution in [2.45, 2.75) is 12.2 Å². The van der Waals surface area contributed by atoms with Crippen LogP contribution in [0.5, 0.6) is 5.75 Å². The minimum absolute atomic E-state index is 0.315. The van der Waals surface area contributed by atoms with Crippen LogP contribution in [-0.4, -0.2) is 6.36 Å². The first-order chi connectivity index (χ1) is 6.85. The molecule has 84 valence electrons. The van der Waals surface area contributed by atoms with Crippen molar-refractivity contribution in [3.05, 3.63) is 23.5 Å². The van der Waals surface area contributed by atoms with Gasteiger partial charge in [0, 0.05) is 5.56 Å². The average molecular weight is 244 g/mol. The molecule has 0 bridgehead atoms. The molecule has 15 heavy (non-hydrogen) atoms. The molecule has 0 radical (unpaired) electrons. The van der Waals surface area contributed by atoms with E-state index in [1.54, 1.807) is 0 Å². The fraction of sp³-hybridized carbons (Fsp3) is 0.250. The van der Waals surface area contributed by atoms with Crippen molar-refractivity contribution in [3.63, 3.8) is 0 Å². The fourth-order valence-corrected chi connectivity index (χ4v) is 1.23. The second-order valence-corrected chi connectivity index (χ2v) is 2.89. The van der Waals surface area contributed by atoms with Crippen molar-refractivity contribution >= 4 is 17.3 Å². The largest absolute Gasteiger partial charge is 0.573 e. The van der Waals surface area contributed by atoms with Gasteiger partial charge in [-0.3, -0.25) is 0 Å². The van der Waals surface area contributed by atoms with Gasteiger partial charge in [0.1, 0.15) is 5.82 Å². The SMILES string of the molecule is Nc1ccc(F)c(CCl)c1OC(F)(F)F. The first kappa shape index (κ1) is 11.9. The van der Waals surface area contributed by atoms with E-state index in [1.165, 1.54) is 0 Å². The maximum atomic E-state index is 13.0. The highest BCUT2D eigenvalue weighted by Crippen LogP contribution is 2.34. The normalized spacial score (nSPS) is 11.5. The number of ether oxygens (including phenoxy) is 1. The summed E-state index contributed by atoms with van der Waals surface area (Å²) >= 11 is 5.30. The fourth-order valence-electron chi connectivity index (χ4n) is 0.983. The van der Waals surface area contributed by atoms with Gasteiger partial charge in [-0.1, -0.05) is 0 Å². The Morgan fingerprint density at radius 3 is 2.40 bits per heavy atom. The van der Waals surface area contributed by atoms with Crippen molar-refractivity contribution in [1.82, 2.24) is 0 Å². The lowest BCUT2D eigenvalue weighted by atomic mass is 10.2. The Morgan fingerprint density at radius 1 is 1.33 bits per heavy atom. The van der Waals surface area contributed by atoms with Crippen molar-refractivity contribution in [2.24, 2.45) is 0 Å². The topological polar surface area (TPSA) is 35.2 Å². The van der Waals surface area contributed by atoms with Gasteiger partial charge in [-0.15, -0.1) is 24.8 Å². The van der Waals surface area contributed by atoms with Gasteiger partial charge in [-0.25, -0.2) is 4.39 Å². The predicted octanol–water partition coefficient (Wildman–Crippen LogP) is 3.05. The number of alkyl halides is 4. The van der Waals surface area contributed by atoms with Crippen LogP contribution in [0.25, 0.3) is 0 Å². The molecule has 7 heteroatoms. The standard InChI is InChI=1S/C8H6ClF4NO/c9-3-4-5(10)1-2-6(14)7(4)15-8(11,12)13/h1-2H,3,14H2. The molecule has 0 spiro atoms. The van der Waals surface area contributed by atoms with Crippen LogP contribution in [0, 0.1) is 5.82 Å². The molecule has 1 rings (SSSR count). The van der Waals surface area contributed by atoms with E-state index in [0.717, 1.165) is 12.1 Å². The molecule has 0 unspecified atom stereocenters. The van der Waals surface area contributed by atoms with E-state index in [-0.39, 0.29) is 5.69 Å². The van der Waals surface area contributed by atoms with E-state index < -0.39 is 29.4 Å². The average Bonchev–Trinajstić information content (AvgIpc) is 2.10. The molecule has 2 N–H and O–H groups in total. The Hall–Kier alpha value is -1.17. The molecule has 0 aromatic heterocycles. The van der Waals surface area contributed by atoms with Crippen LogP contribution in [-0.2, 0) is 5.88 Å². The highest BCUT2D eigenvalue weighted by atomic mass is 35.5. The summed E-state index contributed by atoms with van der Waals surface area (Å²) in [6.45, 7) is 0. The summed E-state index contributed by atoms with van der Waals surface area (Å²) in [6, 6.07) is 1.91. The first-order valence-corrected chi connectivity index (χ1v) is 4.27. The third kappa shape index (κ3) is 2.89. The van der Waals surface area contributed by atoms with E-state index >= 15 is 0 Å². The molecular weight excluding hydrogens is 238 g/mol. The molecule has 0 aliphatic heterocycles. The summed E-state index contributed by atoms with van der Waals surface area (Å²) in [6.07, 6.45) is -4.93. The van der Waals surface area contributed by atoms with Gasteiger partial charge >= 0.3 is 6.36 Å². The van der Waals surface area contributed by atoms with Crippen LogP contribution < -0.4 is 10.5 Å². The van der Waals surface area contributed by atoms with Crippen LogP contribution in [0.3, 0.4) is 0 Å². The van der Waals surface area contributed by atoms with Crippen LogP contribution in [0.1, 0.15) is 5.56 Å². The van der Waals surface area contributed by atoms with E-state index in [1.807, 2.05) is 0 Å². The lowest BCUT2D eigenvalue weighted by Crippen LogP contribution is -2.19. The molecule has 0 atom stereocenters. The molecule has 1 aromatic rings. The number of benzene rings is 1. The molecule has 0 amide bonds. The smallest absolute Gasteiger partial charge is 0.403 e. The highest BCUT2D eigenvalue weighted by Gasteiger charge is 2.33. The number of hydrogen-bond acceptors (Lipinski definition) is 2. The summed E-state index contributed by atoms with van der Waals surface area (Å²) < 4.78 is 52.4. The third-order valence-corrected chi connectivity index (χ3v) is 1.85. The minimum Gasteiger partial charge on any atom is -0.403 e. The number of rotatable bonds is 2. The van der Waals surface area contributed by atoms with Crippen LogP contribution in [0.2, 0.25) is 0 Å². The number of nitrogens with two attached hydrogens (primary N) is 1. The lowest BCUT2D eigenvalue weighted by molar-refractivity contribution is -0.274.